The molecule has 0 aliphatic heterocycles. The van der Waals surface area contributed by atoms with Gasteiger partial charge in [0.2, 0.25) is 0 Å². The molecule has 538 valence electrons. The van der Waals surface area contributed by atoms with Gasteiger partial charge in [-0.25, -0.2) is 23.6 Å². The molecule has 0 radical (unpaired) electrons. The number of carbonyl (C=O) groups excluding carboxylic acids is 6. The van der Waals surface area contributed by atoms with Crippen molar-refractivity contribution in [1.82, 2.24) is 10.6 Å². The average Bonchev–Trinajstić information content (AvgIpc) is 0.767. The van der Waals surface area contributed by atoms with E-state index >= 15 is 4.39 Å². The molecule has 0 saturated heterocycles. The lowest BCUT2D eigenvalue weighted by molar-refractivity contribution is -0.219. The highest BCUT2D eigenvalue weighted by molar-refractivity contribution is 5.92. The Labute approximate surface area is 586 Å². The van der Waals surface area contributed by atoms with Crippen molar-refractivity contribution in [3.63, 3.8) is 0 Å². The van der Waals surface area contributed by atoms with Crippen LogP contribution in [0, 0.1) is 0 Å². The van der Waals surface area contributed by atoms with E-state index in [1.807, 2.05) is 38.1 Å². The Morgan fingerprint density at radius 1 is 0.333 bits per heavy atom. The van der Waals surface area contributed by atoms with Crippen LogP contribution in [0.4, 0.5) is 40.3 Å². The molecule has 0 aromatic heterocycles. The minimum absolute atomic E-state index is 0.00350. The molecule has 0 bridgehead atoms. The average molecular weight is 1410 g/mol. The van der Waals surface area contributed by atoms with Gasteiger partial charge in [-0.05, 0) is 176 Å². The van der Waals surface area contributed by atoms with Crippen LogP contribution >= 0.6 is 0 Å². The number of hydrogen-bond acceptors (Lipinski definition) is 14. The van der Waals surface area contributed by atoms with E-state index in [1.54, 1.807) is 72.8 Å². The molecule has 2 amide bonds. The van der Waals surface area contributed by atoms with Gasteiger partial charge in [-0.15, -0.1) is 0 Å². The number of carbonyl (C=O) groups is 6. The zero-order chi connectivity index (χ0) is 73.9. The molecule has 0 fully saturated rings. The Morgan fingerprint density at radius 2 is 0.608 bits per heavy atom. The Kier molecular flexibility index (Phi) is 25.8. The van der Waals surface area contributed by atoms with Crippen LogP contribution in [0.15, 0.2) is 194 Å². The summed E-state index contributed by atoms with van der Waals surface area (Å²) in [5.74, 6) is -1.00. The topological polar surface area (TPSA) is 200 Å². The molecular formula is C79H79F7N2O14. The predicted molar refractivity (Wildman–Crippen MR) is 366 cm³/mol. The summed E-state index contributed by atoms with van der Waals surface area (Å²) in [5.41, 5.74) is -6.01. The molecule has 0 saturated carbocycles. The van der Waals surface area contributed by atoms with Crippen molar-refractivity contribution in [2.75, 3.05) is 40.5 Å². The number of alkyl carbamates (subject to hydrolysis) is 2. The SMILES string of the molecule is COc1ccc(C(C)(c2ccc(C(=O)Oc3ccc(C(C)(CCCOC(=O)NCCCCCCNC(=O)OCCCC(C)(c4ccc(OC(C)=O)cc4)c4ccc(OC(=O)c5ccc(C(F)(c6ccc(OC)cc6)C(F)(F)F)cc5)cc4)c4ccc(OC(C)=O)cc4)cc3)cc2)C(F)(F)F)cc1. The first kappa shape index (κ1) is 77.0. The maximum atomic E-state index is 16.1. The van der Waals surface area contributed by atoms with E-state index in [9.17, 15) is 55.1 Å². The molecule has 0 spiro atoms. The van der Waals surface area contributed by atoms with E-state index in [1.165, 1.54) is 88.7 Å². The fourth-order valence-corrected chi connectivity index (χ4v) is 11.9. The van der Waals surface area contributed by atoms with E-state index in [-0.39, 0.29) is 52.7 Å². The number of esters is 4. The molecule has 8 rings (SSSR count). The summed E-state index contributed by atoms with van der Waals surface area (Å²) in [6, 6.07) is 46.4. The third-order valence-corrected chi connectivity index (χ3v) is 18.0. The Hall–Kier alpha value is -10.7. The van der Waals surface area contributed by atoms with Crippen LogP contribution in [0.25, 0.3) is 0 Å². The monoisotopic (exact) mass is 1410 g/mol. The Balaban J connectivity index is 0.760. The number of unbranched alkanes of at least 4 members (excludes halogenated alkanes) is 3. The second-order valence-electron chi connectivity index (χ2n) is 24.9. The lowest BCUT2D eigenvalue weighted by Crippen LogP contribution is -2.40. The van der Waals surface area contributed by atoms with Crippen LogP contribution < -0.4 is 39.1 Å². The molecule has 0 aliphatic rings. The third kappa shape index (κ3) is 19.2. The van der Waals surface area contributed by atoms with Crippen LogP contribution in [0.3, 0.4) is 0 Å². The molecule has 23 heteroatoms. The smallest absolute Gasteiger partial charge is 0.431 e. The zero-order valence-corrected chi connectivity index (χ0v) is 57.3. The van der Waals surface area contributed by atoms with E-state index < -0.39 is 81.5 Å². The van der Waals surface area contributed by atoms with Crippen LogP contribution in [-0.4, -0.2) is 88.9 Å². The normalized spacial score (nSPS) is 13.8. The second kappa shape index (κ2) is 34.1. The van der Waals surface area contributed by atoms with Crippen LogP contribution in [0.2, 0.25) is 0 Å². The number of amides is 2. The first-order valence-corrected chi connectivity index (χ1v) is 32.9. The van der Waals surface area contributed by atoms with E-state index in [0.717, 1.165) is 78.4 Å². The molecule has 2 N–H and O–H groups in total. The van der Waals surface area contributed by atoms with Crippen molar-refractivity contribution in [1.29, 1.82) is 0 Å². The highest BCUT2D eigenvalue weighted by Crippen LogP contribution is 2.49. The molecule has 4 atom stereocenters. The van der Waals surface area contributed by atoms with Crippen LogP contribution in [-0.2, 0) is 41.0 Å². The first-order valence-electron chi connectivity index (χ1n) is 32.9. The molecular weight excluding hydrogens is 1330 g/mol. The van der Waals surface area contributed by atoms with Gasteiger partial charge in [-0.1, -0.05) is 124 Å². The molecule has 8 aromatic carbocycles. The minimum atomic E-state index is -5.34. The summed E-state index contributed by atoms with van der Waals surface area (Å²) >= 11 is 0. The number of methoxy groups -OCH3 is 2. The number of halogens is 7. The van der Waals surface area contributed by atoms with Crippen molar-refractivity contribution >= 4 is 36.1 Å². The molecule has 4 unspecified atom stereocenters. The summed E-state index contributed by atoms with van der Waals surface area (Å²) in [5, 5.41) is 5.55. The summed E-state index contributed by atoms with van der Waals surface area (Å²) < 4.78 is 146. The van der Waals surface area contributed by atoms with Crippen molar-refractivity contribution in [2.45, 2.75) is 120 Å². The van der Waals surface area contributed by atoms with Gasteiger partial charge in [-0.2, -0.15) is 26.3 Å². The molecule has 8 aromatic rings. The highest BCUT2D eigenvalue weighted by atomic mass is 19.4. The van der Waals surface area contributed by atoms with Crippen molar-refractivity contribution < 1.29 is 97.4 Å². The molecule has 102 heavy (non-hydrogen) atoms. The number of ether oxygens (including phenoxy) is 8. The van der Waals surface area contributed by atoms with Gasteiger partial charge >= 0.3 is 48.4 Å². The molecule has 0 aliphatic carbocycles. The fourth-order valence-electron chi connectivity index (χ4n) is 11.9. The standard InChI is InChI=1S/C79H79F7N2O14/c1-52(89)99-66-38-22-56(23-39-66)74(3,58-26-42-68(43-27-58)101-70(91)54-14-18-60(19-15-54)76(5,78(81,82)83)61-30-34-64(95-6)35-31-61)46-12-50-97-72(93)87-48-10-8-9-11-49-88-73(94)98-51-13-47-75(4,57-24-40-67(41-25-57)100-53(2)90)59-28-44-69(45-29-59)102-71(92)55-16-20-62(21-17-55)77(80,79(84,85)86)63-32-36-65(96-7)37-33-63/h14-45H,8-13,46-51H2,1-7H3,(H,87,93)(H,88,94). The zero-order valence-electron chi connectivity index (χ0n) is 57.3. The van der Waals surface area contributed by atoms with Gasteiger partial charge in [0.05, 0.1) is 38.6 Å². The molecule has 0 heterocycles. The number of benzene rings is 8. The summed E-state index contributed by atoms with van der Waals surface area (Å²) in [4.78, 5) is 75.5. The Bertz CT molecular complexity index is 3850. The minimum Gasteiger partial charge on any atom is -0.497 e. The highest BCUT2D eigenvalue weighted by Gasteiger charge is 2.59. The second-order valence-corrected chi connectivity index (χ2v) is 24.9. The first-order chi connectivity index (χ1) is 48.5. The van der Waals surface area contributed by atoms with Crippen molar-refractivity contribution in [3.8, 4) is 34.5 Å². The van der Waals surface area contributed by atoms with Crippen LogP contribution in [0.5, 0.6) is 34.5 Å². The summed E-state index contributed by atoms with van der Waals surface area (Å²) in [6.45, 7) is 8.47. The van der Waals surface area contributed by atoms with Gasteiger partial charge in [0.1, 0.15) is 39.9 Å². The van der Waals surface area contributed by atoms with Crippen molar-refractivity contribution in [2.24, 2.45) is 0 Å². The predicted octanol–water partition coefficient (Wildman–Crippen LogP) is 17.5. The summed E-state index contributed by atoms with van der Waals surface area (Å²) in [6.07, 6.45) is -6.65. The van der Waals surface area contributed by atoms with E-state index in [0.29, 0.717) is 68.9 Å². The third-order valence-electron chi connectivity index (χ3n) is 18.0. The number of rotatable bonds is 31. The van der Waals surface area contributed by atoms with Crippen molar-refractivity contribution in [3.05, 3.63) is 250 Å². The lowest BCUT2D eigenvalue weighted by atomic mass is 9.73. The number of alkyl halides is 7. The van der Waals surface area contributed by atoms with Gasteiger partial charge in [0, 0.05) is 48.9 Å². The maximum Gasteiger partial charge on any atom is 0.431 e. The van der Waals surface area contributed by atoms with E-state index in [4.69, 9.17) is 37.9 Å². The van der Waals surface area contributed by atoms with E-state index in [2.05, 4.69) is 10.6 Å². The van der Waals surface area contributed by atoms with Crippen LogP contribution in [0.1, 0.15) is 151 Å². The fraction of sp³-hybridized carbons (Fsp3) is 0.316. The lowest BCUT2D eigenvalue weighted by Gasteiger charge is -2.33. The summed E-state index contributed by atoms with van der Waals surface area (Å²) in [7, 11) is 2.75. The number of hydrogen-bond donors (Lipinski definition) is 2. The van der Waals surface area contributed by atoms with Gasteiger partial charge in [0.25, 0.3) is 5.67 Å². The van der Waals surface area contributed by atoms with Gasteiger partial charge in [-0.3, -0.25) is 9.59 Å². The largest absolute Gasteiger partial charge is 0.497 e. The quantitative estimate of drug-likeness (QED) is 0.0180. The molecule has 16 nitrogen and oxygen atoms in total. The number of nitrogens with one attached hydrogen (secondary N) is 2. The maximum absolute atomic E-state index is 16.1. The van der Waals surface area contributed by atoms with Gasteiger partial charge in [0.15, 0.2) is 0 Å². The Morgan fingerprint density at radius 3 is 0.902 bits per heavy atom. The van der Waals surface area contributed by atoms with Gasteiger partial charge < -0.3 is 48.5 Å².